The van der Waals surface area contributed by atoms with Crippen molar-refractivity contribution < 1.29 is 13.2 Å². The Morgan fingerprint density at radius 2 is 2.12 bits per heavy atom. The Hall–Kier alpha value is -1.40. The molecular weight excluding hydrogens is 228 g/mol. The van der Waals surface area contributed by atoms with Crippen molar-refractivity contribution in [2.24, 2.45) is 5.73 Å². The Morgan fingerprint density at radius 3 is 2.81 bits per heavy atom. The lowest BCUT2D eigenvalue weighted by atomic mass is 10.2. The van der Waals surface area contributed by atoms with Crippen molar-refractivity contribution in [2.75, 3.05) is 17.6 Å². The maximum atomic E-state index is 11.7. The first-order valence-corrected chi connectivity index (χ1v) is 6.54. The second kappa shape index (κ2) is 3.88. The average molecular weight is 240 g/mol. The zero-order valence-corrected chi connectivity index (χ0v) is 9.38. The quantitative estimate of drug-likeness (QED) is 0.773. The van der Waals surface area contributed by atoms with E-state index in [0.717, 1.165) is 5.56 Å². The van der Waals surface area contributed by atoms with Crippen LogP contribution in [-0.2, 0) is 21.1 Å². The third kappa shape index (κ3) is 1.94. The molecule has 1 aliphatic heterocycles. The minimum atomic E-state index is -3.31. The van der Waals surface area contributed by atoms with E-state index in [0.29, 0.717) is 5.69 Å². The van der Waals surface area contributed by atoms with Gasteiger partial charge in [-0.25, -0.2) is 8.42 Å². The van der Waals surface area contributed by atoms with Crippen LogP contribution in [-0.4, -0.2) is 26.6 Å². The van der Waals surface area contributed by atoms with E-state index >= 15 is 0 Å². The van der Waals surface area contributed by atoms with Crippen LogP contribution in [0.15, 0.2) is 23.1 Å². The molecule has 0 aromatic heterocycles. The fourth-order valence-electron chi connectivity index (χ4n) is 1.67. The molecule has 3 N–H and O–H groups in total. The summed E-state index contributed by atoms with van der Waals surface area (Å²) < 4.78 is 23.5. The Morgan fingerprint density at radius 1 is 1.38 bits per heavy atom. The number of benzene rings is 1. The first kappa shape index (κ1) is 11.1. The molecule has 1 aromatic carbocycles. The largest absolute Gasteiger partial charge is 0.329 e. The molecule has 1 aliphatic rings. The highest BCUT2D eigenvalue weighted by Crippen LogP contribution is 2.26. The summed E-state index contributed by atoms with van der Waals surface area (Å²) in [4.78, 5) is 11.3. The summed E-state index contributed by atoms with van der Waals surface area (Å²) in [5, 5.41) is 2.65. The third-order valence-electron chi connectivity index (χ3n) is 2.45. The van der Waals surface area contributed by atoms with E-state index in [9.17, 15) is 13.2 Å². The number of rotatable bonds is 3. The third-order valence-corrected chi connectivity index (χ3v) is 4.19. The lowest BCUT2D eigenvalue weighted by molar-refractivity contribution is -0.115. The highest BCUT2D eigenvalue weighted by atomic mass is 32.2. The number of hydrogen-bond acceptors (Lipinski definition) is 4. The van der Waals surface area contributed by atoms with Crippen LogP contribution in [0.5, 0.6) is 0 Å². The van der Waals surface area contributed by atoms with Gasteiger partial charge < -0.3 is 11.1 Å². The molecular formula is C10H12N2O3S. The molecule has 6 heteroatoms. The minimum Gasteiger partial charge on any atom is -0.329 e. The molecule has 86 valence electrons. The van der Waals surface area contributed by atoms with E-state index in [4.69, 9.17) is 5.73 Å². The second-order valence-corrected chi connectivity index (χ2v) is 5.76. The van der Waals surface area contributed by atoms with Gasteiger partial charge >= 0.3 is 0 Å². The maximum Gasteiger partial charge on any atom is 0.228 e. The number of anilines is 1. The van der Waals surface area contributed by atoms with E-state index in [1.54, 1.807) is 6.07 Å². The molecule has 2 rings (SSSR count). The zero-order valence-electron chi connectivity index (χ0n) is 8.56. The van der Waals surface area contributed by atoms with E-state index < -0.39 is 9.84 Å². The lowest BCUT2D eigenvalue weighted by Crippen LogP contribution is -2.15. The van der Waals surface area contributed by atoms with Gasteiger partial charge in [-0.1, -0.05) is 0 Å². The molecule has 1 amide bonds. The number of nitrogens with two attached hydrogens (primary N) is 1. The molecule has 0 atom stereocenters. The van der Waals surface area contributed by atoms with Crippen molar-refractivity contribution >= 4 is 21.4 Å². The number of hydrogen-bond donors (Lipinski definition) is 2. The molecule has 0 unspecified atom stereocenters. The number of sulfone groups is 1. The first-order chi connectivity index (χ1) is 7.53. The van der Waals surface area contributed by atoms with Crippen molar-refractivity contribution in [1.29, 1.82) is 0 Å². The van der Waals surface area contributed by atoms with Crippen molar-refractivity contribution in [3.8, 4) is 0 Å². The standard InChI is InChI=1S/C10H12N2O3S/c11-3-4-16(14,15)8-1-2-9-7(5-8)6-10(13)12-9/h1-2,5H,3-4,6,11H2,(H,12,13). The molecule has 1 aromatic rings. The number of carbonyl (C=O) groups excluding carboxylic acids is 1. The van der Waals surface area contributed by atoms with Crippen molar-refractivity contribution in [1.82, 2.24) is 0 Å². The van der Waals surface area contributed by atoms with Crippen molar-refractivity contribution in [2.45, 2.75) is 11.3 Å². The Labute approximate surface area is 93.6 Å². The lowest BCUT2D eigenvalue weighted by Gasteiger charge is -2.04. The SMILES string of the molecule is NCCS(=O)(=O)c1ccc2c(c1)CC(=O)N2. The van der Waals surface area contributed by atoms with Gasteiger partial charge in [-0.15, -0.1) is 0 Å². The second-order valence-electron chi connectivity index (χ2n) is 3.65. The van der Waals surface area contributed by atoms with Gasteiger partial charge in [0, 0.05) is 12.2 Å². The fourth-order valence-corrected chi connectivity index (χ4v) is 2.82. The molecule has 0 spiro atoms. The van der Waals surface area contributed by atoms with Gasteiger partial charge in [-0.05, 0) is 23.8 Å². The summed E-state index contributed by atoms with van der Waals surface area (Å²) in [6, 6.07) is 4.65. The predicted molar refractivity (Wildman–Crippen MR) is 59.9 cm³/mol. The molecule has 0 bridgehead atoms. The molecule has 5 nitrogen and oxygen atoms in total. The molecule has 0 saturated carbocycles. The van der Waals surface area contributed by atoms with E-state index in [1.165, 1.54) is 12.1 Å². The summed E-state index contributed by atoms with van der Waals surface area (Å²) in [7, 11) is -3.31. The van der Waals surface area contributed by atoms with Crippen LogP contribution in [0.1, 0.15) is 5.56 Å². The maximum absolute atomic E-state index is 11.7. The number of nitrogens with one attached hydrogen (secondary N) is 1. The summed E-state index contributed by atoms with van der Waals surface area (Å²) in [5.41, 5.74) is 6.66. The van der Waals surface area contributed by atoms with Crippen LogP contribution in [0.4, 0.5) is 5.69 Å². The van der Waals surface area contributed by atoms with Crippen LogP contribution < -0.4 is 11.1 Å². The van der Waals surface area contributed by atoms with Gasteiger partial charge in [0.25, 0.3) is 0 Å². The molecule has 0 aliphatic carbocycles. The summed E-state index contributed by atoms with van der Waals surface area (Å²) in [6.07, 6.45) is 0.237. The number of amides is 1. The Kier molecular flexibility index (Phi) is 2.69. The molecule has 0 saturated heterocycles. The molecule has 0 radical (unpaired) electrons. The van der Waals surface area contributed by atoms with Gasteiger partial charge in [-0.2, -0.15) is 0 Å². The predicted octanol–water partition coefficient (Wildman–Crippen LogP) is -0.0864. The summed E-state index contributed by atoms with van der Waals surface area (Å²) in [5.74, 6) is -0.184. The monoisotopic (exact) mass is 240 g/mol. The highest BCUT2D eigenvalue weighted by molar-refractivity contribution is 7.91. The van der Waals surface area contributed by atoms with Crippen LogP contribution in [0, 0.1) is 0 Å². The Bertz CT molecular complexity index is 537. The van der Waals surface area contributed by atoms with Gasteiger partial charge in [0.05, 0.1) is 17.1 Å². The van der Waals surface area contributed by atoms with Gasteiger partial charge in [0.15, 0.2) is 9.84 Å². The smallest absolute Gasteiger partial charge is 0.228 e. The summed E-state index contributed by atoms with van der Waals surface area (Å²) in [6.45, 7) is 0.0938. The van der Waals surface area contributed by atoms with E-state index in [-0.39, 0.29) is 29.5 Å². The van der Waals surface area contributed by atoms with Crippen LogP contribution in [0.3, 0.4) is 0 Å². The summed E-state index contributed by atoms with van der Waals surface area (Å²) >= 11 is 0. The van der Waals surface area contributed by atoms with Gasteiger partial charge in [0.1, 0.15) is 0 Å². The molecule has 0 fully saturated rings. The van der Waals surface area contributed by atoms with Crippen molar-refractivity contribution in [3.05, 3.63) is 23.8 Å². The molecule has 1 heterocycles. The highest BCUT2D eigenvalue weighted by Gasteiger charge is 2.21. The van der Waals surface area contributed by atoms with Gasteiger partial charge in [0.2, 0.25) is 5.91 Å². The zero-order chi connectivity index (χ0) is 11.8. The number of fused-ring (bicyclic) bond motifs is 1. The average Bonchev–Trinajstić information content (AvgIpc) is 2.56. The van der Waals surface area contributed by atoms with Crippen LogP contribution in [0.25, 0.3) is 0 Å². The minimum absolute atomic E-state index is 0.0762. The van der Waals surface area contributed by atoms with Crippen molar-refractivity contribution in [3.63, 3.8) is 0 Å². The van der Waals surface area contributed by atoms with Crippen LogP contribution in [0.2, 0.25) is 0 Å². The van der Waals surface area contributed by atoms with E-state index in [2.05, 4.69) is 5.32 Å². The first-order valence-electron chi connectivity index (χ1n) is 4.88. The van der Waals surface area contributed by atoms with E-state index in [1.807, 2.05) is 0 Å². The molecule has 16 heavy (non-hydrogen) atoms. The fraction of sp³-hybridized carbons (Fsp3) is 0.300. The normalized spacial score (nSPS) is 14.7. The Balaban J connectivity index is 2.40. The van der Waals surface area contributed by atoms with Gasteiger partial charge in [-0.3, -0.25) is 4.79 Å². The van der Waals surface area contributed by atoms with Crippen LogP contribution >= 0.6 is 0 Å². The topological polar surface area (TPSA) is 89.3 Å². The number of carbonyl (C=O) groups is 1.